The molecule has 3 saturated carbocycles. The second-order valence-corrected chi connectivity index (χ2v) is 8.72. The quantitative estimate of drug-likeness (QED) is 0.568. The van der Waals surface area contributed by atoms with Gasteiger partial charge in [0.05, 0.1) is 6.10 Å². The van der Waals surface area contributed by atoms with Crippen LogP contribution in [0.25, 0.3) is 0 Å². The van der Waals surface area contributed by atoms with Crippen molar-refractivity contribution in [2.45, 2.75) is 70.0 Å². The molecular formula is C22H30O2. The maximum Gasteiger partial charge on any atom is 0.131 e. The predicted molar refractivity (Wildman–Crippen MR) is 96.0 cm³/mol. The summed E-state index contributed by atoms with van der Waals surface area (Å²) >= 11 is 0. The van der Waals surface area contributed by atoms with Gasteiger partial charge in [-0.1, -0.05) is 36.6 Å². The van der Waals surface area contributed by atoms with Gasteiger partial charge in [0.2, 0.25) is 0 Å². The Morgan fingerprint density at radius 1 is 1.33 bits per heavy atom. The van der Waals surface area contributed by atoms with Crippen LogP contribution >= 0.6 is 0 Å². The van der Waals surface area contributed by atoms with Crippen LogP contribution in [0, 0.1) is 41.4 Å². The maximum atomic E-state index is 11.2. The Kier molecular flexibility index (Phi) is 3.75. The number of terminal acetylenes is 1. The Hall–Kier alpha value is -1.04. The van der Waals surface area contributed by atoms with Crippen molar-refractivity contribution in [2.24, 2.45) is 29.1 Å². The van der Waals surface area contributed by atoms with Gasteiger partial charge in [-0.25, -0.2) is 0 Å². The third-order valence-corrected chi connectivity index (χ3v) is 8.07. The lowest BCUT2D eigenvalue weighted by molar-refractivity contribution is -0.0794. The van der Waals surface area contributed by atoms with Gasteiger partial charge >= 0.3 is 0 Å². The zero-order valence-corrected chi connectivity index (χ0v) is 14.8. The third kappa shape index (κ3) is 1.98. The fraction of sp³-hybridized carbons (Fsp3) is 0.727. The number of hydrogen-bond acceptors (Lipinski definition) is 2. The van der Waals surface area contributed by atoms with E-state index in [1.807, 2.05) is 0 Å². The summed E-state index contributed by atoms with van der Waals surface area (Å²) in [7, 11) is 0. The van der Waals surface area contributed by atoms with Gasteiger partial charge < -0.3 is 10.2 Å². The molecule has 2 N–H and O–H groups in total. The molecule has 0 heterocycles. The summed E-state index contributed by atoms with van der Waals surface area (Å²) in [6, 6.07) is 0. The Labute approximate surface area is 146 Å². The zero-order chi connectivity index (χ0) is 17.1. The van der Waals surface area contributed by atoms with Crippen LogP contribution in [0.3, 0.4) is 0 Å². The highest BCUT2D eigenvalue weighted by Crippen LogP contribution is 2.67. The number of rotatable bonds is 1. The van der Waals surface area contributed by atoms with Gasteiger partial charge in [0.15, 0.2) is 0 Å². The molecule has 2 nitrogen and oxygen atoms in total. The second-order valence-electron chi connectivity index (χ2n) is 8.72. The molecule has 2 heteroatoms. The molecule has 130 valence electrons. The molecule has 0 aromatic heterocycles. The Morgan fingerprint density at radius 2 is 2.12 bits per heavy atom. The number of hydrogen-bond donors (Lipinski definition) is 2. The van der Waals surface area contributed by atoms with Crippen LogP contribution in [0.15, 0.2) is 23.8 Å². The van der Waals surface area contributed by atoms with E-state index >= 15 is 0 Å². The molecule has 24 heavy (non-hydrogen) atoms. The molecule has 0 aromatic carbocycles. The van der Waals surface area contributed by atoms with Gasteiger partial charge in [-0.3, -0.25) is 0 Å². The van der Waals surface area contributed by atoms with Gasteiger partial charge in [-0.15, -0.1) is 6.42 Å². The third-order valence-electron chi connectivity index (χ3n) is 8.07. The average Bonchev–Trinajstić information content (AvgIpc) is 2.88. The SMILES string of the molecule is C#C[C@]1(O)CC[C@H]2[C@@H]3CCC4=C[C@H](O)CC[C@@H]4[C@H]3C(=C)C[C@@]21CC. The topological polar surface area (TPSA) is 40.5 Å². The molecule has 0 bridgehead atoms. The first kappa shape index (κ1) is 16.4. The van der Waals surface area contributed by atoms with Crippen molar-refractivity contribution >= 4 is 0 Å². The first-order valence-electron chi connectivity index (χ1n) is 9.72. The van der Waals surface area contributed by atoms with Gasteiger partial charge in [0.1, 0.15) is 5.60 Å². The number of fused-ring (bicyclic) bond motifs is 5. The minimum Gasteiger partial charge on any atom is -0.389 e. The van der Waals surface area contributed by atoms with Crippen LogP contribution in [-0.4, -0.2) is 21.9 Å². The highest BCUT2D eigenvalue weighted by molar-refractivity contribution is 5.32. The van der Waals surface area contributed by atoms with Crippen LogP contribution in [0.2, 0.25) is 0 Å². The highest BCUT2D eigenvalue weighted by Gasteiger charge is 2.64. The van der Waals surface area contributed by atoms with Gasteiger partial charge in [0, 0.05) is 5.41 Å². The van der Waals surface area contributed by atoms with Crippen LogP contribution in [0.4, 0.5) is 0 Å². The van der Waals surface area contributed by atoms with Crippen molar-refractivity contribution in [3.05, 3.63) is 23.8 Å². The molecule has 3 fully saturated rings. The minimum absolute atomic E-state index is 0.171. The molecular weight excluding hydrogens is 296 g/mol. The lowest BCUT2D eigenvalue weighted by Gasteiger charge is -2.57. The molecule has 0 radical (unpaired) electrons. The smallest absolute Gasteiger partial charge is 0.131 e. The number of aliphatic hydroxyl groups excluding tert-OH is 1. The Balaban J connectivity index is 1.73. The summed E-state index contributed by atoms with van der Waals surface area (Å²) in [4.78, 5) is 0. The van der Waals surface area contributed by atoms with E-state index in [9.17, 15) is 10.2 Å². The second kappa shape index (κ2) is 5.48. The van der Waals surface area contributed by atoms with E-state index in [2.05, 4.69) is 25.5 Å². The van der Waals surface area contributed by atoms with Crippen molar-refractivity contribution < 1.29 is 10.2 Å². The van der Waals surface area contributed by atoms with E-state index in [1.54, 1.807) is 0 Å². The fourth-order valence-corrected chi connectivity index (χ4v) is 7.03. The summed E-state index contributed by atoms with van der Waals surface area (Å²) in [6.45, 7) is 6.69. The molecule has 7 atom stereocenters. The Bertz CT molecular complexity index is 626. The largest absolute Gasteiger partial charge is 0.389 e. The van der Waals surface area contributed by atoms with E-state index < -0.39 is 5.60 Å². The lowest BCUT2D eigenvalue weighted by atomic mass is 9.48. The standard InChI is InChI=1S/C22H30O2/c1-4-21-13-14(3)20-17-9-7-16(23)12-15(17)6-8-18(20)19(21)10-11-22(21,24)5-2/h2,12,16-20,23-24H,3-4,6-11,13H2,1H3/t16-,17+,18+,19+,20-,21+,22+/m1/s1. The summed E-state index contributed by atoms with van der Waals surface area (Å²) in [5.41, 5.74) is 1.64. The van der Waals surface area contributed by atoms with E-state index in [1.165, 1.54) is 11.1 Å². The first-order chi connectivity index (χ1) is 11.5. The van der Waals surface area contributed by atoms with Crippen molar-refractivity contribution in [2.75, 3.05) is 0 Å². The summed E-state index contributed by atoms with van der Waals surface area (Å²) in [5, 5.41) is 21.2. The van der Waals surface area contributed by atoms with Crippen molar-refractivity contribution in [3.8, 4) is 12.3 Å². The molecule has 0 unspecified atom stereocenters. The van der Waals surface area contributed by atoms with Crippen LogP contribution < -0.4 is 0 Å². The van der Waals surface area contributed by atoms with Crippen LogP contribution in [0.1, 0.15) is 58.3 Å². The minimum atomic E-state index is -0.959. The van der Waals surface area contributed by atoms with Gasteiger partial charge in [-0.05, 0) is 75.0 Å². The molecule has 4 aliphatic carbocycles. The molecule has 0 spiro atoms. The molecule has 4 rings (SSSR count). The van der Waals surface area contributed by atoms with E-state index in [-0.39, 0.29) is 11.5 Å². The monoisotopic (exact) mass is 326 g/mol. The zero-order valence-electron chi connectivity index (χ0n) is 14.8. The molecule has 0 amide bonds. The van der Waals surface area contributed by atoms with Crippen molar-refractivity contribution in [1.29, 1.82) is 0 Å². The number of aliphatic hydroxyl groups is 2. The van der Waals surface area contributed by atoms with E-state index in [0.717, 1.165) is 51.4 Å². The molecule has 0 aromatic rings. The summed E-state index contributed by atoms with van der Waals surface area (Å²) in [6.07, 6.45) is 15.5. The normalized spacial score (nSPS) is 50.3. The fourth-order valence-electron chi connectivity index (χ4n) is 7.03. The van der Waals surface area contributed by atoms with E-state index in [4.69, 9.17) is 6.42 Å². The molecule has 4 aliphatic rings. The number of allylic oxidation sites excluding steroid dienone is 2. The summed E-state index contributed by atoms with van der Waals surface area (Å²) in [5.74, 6) is 5.00. The predicted octanol–water partition coefficient (Wildman–Crippen LogP) is 3.84. The Morgan fingerprint density at radius 3 is 2.83 bits per heavy atom. The first-order valence-corrected chi connectivity index (χ1v) is 9.72. The maximum absolute atomic E-state index is 11.2. The van der Waals surface area contributed by atoms with Gasteiger partial charge in [-0.2, -0.15) is 0 Å². The van der Waals surface area contributed by atoms with Gasteiger partial charge in [0.25, 0.3) is 0 Å². The highest BCUT2D eigenvalue weighted by atomic mass is 16.3. The van der Waals surface area contributed by atoms with Crippen molar-refractivity contribution in [3.63, 3.8) is 0 Å². The average molecular weight is 326 g/mol. The lowest BCUT2D eigenvalue weighted by Crippen LogP contribution is -2.54. The summed E-state index contributed by atoms with van der Waals surface area (Å²) < 4.78 is 0. The molecule has 0 saturated heterocycles. The van der Waals surface area contributed by atoms with Crippen LogP contribution in [-0.2, 0) is 0 Å². The molecule has 0 aliphatic heterocycles. The van der Waals surface area contributed by atoms with Crippen LogP contribution in [0.5, 0.6) is 0 Å². The van der Waals surface area contributed by atoms with E-state index in [0.29, 0.717) is 23.7 Å². The van der Waals surface area contributed by atoms with Crippen molar-refractivity contribution in [1.82, 2.24) is 0 Å².